The van der Waals surface area contributed by atoms with Gasteiger partial charge in [0.2, 0.25) is 5.95 Å². The number of benzene rings is 2. The summed E-state index contributed by atoms with van der Waals surface area (Å²) < 4.78 is 66.2. The smallest absolute Gasteiger partial charge is 0.339 e. The van der Waals surface area contributed by atoms with Crippen LogP contribution in [0, 0.1) is 0 Å². The topological polar surface area (TPSA) is 107 Å². The molecule has 0 aliphatic rings. The van der Waals surface area contributed by atoms with Gasteiger partial charge in [0.05, 0.1) is 30.4 Å². The minimum absolute atomic E-state index is 0.0737. The fraction of sp³-hybridized carbons (Fsp3) is 0.269. The maximum absolute atomic E-state index is 13.8. The van der Waals surface area contributed by atoms with Gasteiger partial charge >= 0.3 is 13.8 Å². The molecule has 0 saturated carbocycles. The minimum atomic E-state index is -4.74. The average molecular weight is 562 g/mol. The molecular weight excluding hydrogens is 534 g/mol. The Hall–Kier alpha value is -3.73. The van der Waals surface area contributed by atoms with E-state index in [1.54, 1.807) is 69.6 Å². The monoisotopic (exact) mass is 561 g/mol. The van der Waals surface area contributed by atoms with Crippen molar-refractivity contribution in [1.29, 1.82) is 0 Å². The molecule has 2 aromatic heterocycles. The lowest BCUT2D eigenvalue weighted by molar-refractivity contribution is -0.137. The molecule has 0 atom stereocenters. The number of alkyl halides is 3. The number of pyridine rings is 1. The number of rotatable bonds is 10. The van der Waals surface area contributed by atoms with Crippen molar-refractivity contribution in [3.63, 3.8) is 0 Å². The van der Waals surface area contributed by atoms with Gasteiger partial charge in [-0.3, -0.25) is 9.36 Å². The minimum Gasteiger partial charge on any atom is -0.339 e. The first-order valence-electron chi connectivity index (χ1n) is 12.1. The molecule has 4 aromatic rings. The second-order valence-corrected chi connectivity index (χ2v) is 10.6. The average Bonchev–Trinajstić information content (AvgIpc) is 2.87. The predicted molar refractivity (Wildman–Crippen MR) is 144 cm³/mol. The van der Waals surface area contributed by atoms with Crippen LogP contribution in [0.25, 0.3) is 10.8 Å². The van der Waals surface area contributed by atoms with Crippen molar-refractivity contribution >= 4 is 41.5 Å². The summed E-state index contributed by atoms with van der Waals surface area (Å²) in [6, 6.07) is 13.2. The van der Waals surface area contributed by atoms with Gasteiger partial charge in [-0.15, -0.1) is 0 Å². The zero-order chi connectivity index (χ0) is 28.2. The van der Waals surface area contributed by atoms with Gasteiger partial charge in [-0.25, -0.2) is 4.98 Å². The van der Waals surface area contributed by atoms with Gasteiger partial charge in [0.25, 0.3) is 5.56 Å². The molecule has 206 valence electrons. The Morgan fingerprint density at radius 2 is 1.69 bits per heavy atom. The largest absolute Gasteiger partial charge is 0.421 e. The molecule has 9 nitrogen and oxygen atoms in total. The van der Waals surface area contributed by atoms with Crippen LogP contribution in [0.2, 0.25) is 0 Å². The zero-order valence-corrected chi connectivity index (χ0v) is 22.3. The molecule has 0 fully saturated rings. The maximum atomic E-state index is 13.8. The van der Waals surface area contributed by atoms with E-state index < -0.39 is 25.2 Å². The van der Waals surface area contributed by atoms with E-state index in [4.69, 9.17) is 9.05 Å². The Balaban J connectivity index is 1.63. The van der Waals surface area contributed by atoms with Crippen LogP contribution < -0.4 is 16.2 Å². The highest BCUT2D eigenvalue weighted by atomic mass is 31.2. The normalized spacial score (nSPS) is 12.1. The third kappa shape index (κ3) is 6.65. The Morgan fingerprint density at radius 3 is 2.33 bits per heavy atom. The third-order valence-electron chi connectivity index (χ3n) is 5.69. The van der Waals surface area contributed by atoms with E-state index in [0.717, 1.165) is 0 Å². The number of fused-ring (bicyclic) bond motifs is 1. The molecule has 39 heavy (non-hydrogen) atoms. The summed E-state index contributed by atoms with van der Waals surface area (Å²) >= 11 is 0. The van der Waals surface area contributed by atoms with Crippen molar-refractivity contribution in [3.8, 4) is 0 Å². The fourth-order valence-electron chi connectivity index (χ4n) is 3.93. The van der Waals surface area contributed by atoms with Crippen molar-refractivity contribution in [3.05, 3.63) is 82.4 Å². The van der Waals surface area contributed by atoms with Crippen molar-refractivity contribution in [2.75, 3.05) is 23.8 Å². The Bertz CT molecular complexity index is 1570. The molecule has 0 unspecified atom stereocenters. The Labute approximate surface area is 222 Å². The number of anilines is 4. The van der Waals surface area contributed by atoms with Crippen LogP contribution in [0.4, 0.5) is 36.3 Å². The van der Waals surface area contributed by atoms with Crippen LogP contribution in [0.15, 0.2) is 65.7 Å². The number of hydrogen-bond donors (Lipinski definition) is 2. The van der Waals surface area contributed by atoms with E-state index in [0.29, 0.717) is 22.8 Å². The van der Waals surface area contributed by atoms with Gasteiger partial charge in [-0.05, 0) is 49.1 Å². The quantitative estimate of drug-likeness (QED) is 0.209. The summed E-state index contributed by atoms with van der Waals surface area (Å²) in [5.41, 5.74) is -0.0861. The Kier molecular flexibility index (Phi) is 8.39. The summed E-state index contributed by atoms with van der Waals surface area (Å²) in [5.74, 6) is -0.606. The number of nitrogens with one attached hydrogen (secondary N) is 2. The van der Waals surface area contributed by atoms with Crippen LogP contribution in [-0.2, 0) is 33.0 Å². The molecule has 2 aromatic carbocycles. The van der Waals surface area contributed by atoms with Gasteiger partial charge in [0.15, 0.2) is 0 Å². The first-order valence-corrected chi connectivity index (χ1v) is 13.8. The van der Waals surface area contributed by atoms with Gasteiger partial charge < -0.3 is 24.2 Å². The summed E-state index contributed by atoms with van der Waals surface area (Å²) in [6.07, 6.45) is -2.41. The number of aryl methyl sites for hydroxylation is 1. The first kappa shape index (κ1) is 28.3. The highest BCUT2D eigenvalue weighted by Crippen LogP contribution is 2.51. The van der Waals surface area contributed by atoms with Crippen molar-refractivity contribution in [2.45, 2.75) is 26.2 Å². The predicted octanol–water partition coefficient (Wildman–Crippen LogP) is 6.60. The maximum Gasteiger partial charge on any atom is 0.421 e. The lowest BCUT2D eigenvalue weighted by atomic mass is 10.1. The van der Waals surface area contributed by atoms with E-state index in [1.807, 2.05) is 0 Å². The summed E-state index contributed by atoms with van der Waals surface area (Å²) in [6.45, 7) is 3.94. The van der Waals surface area contributed by atoms with Crippen LogP contribution in [0.3, 0.4) is 0 Å². The lowest BCUT2D eigenvalue weighted by Gasteiger charge is -2.17. The van der Waals surface area contributed by atoms with E-state index in [9.17, 15) is 22.5 Å². The van der Waals surface area contributed by atoms with Crippen molar-refractivity contribution in [1.82, 2.24) is 14.5 Å². The van der Waals surface area contributed by atoms with Gasteiger partial charge in [0.1, 0.15) is 11.4 Å². The van der Waals surface area contributed by atoms with E-state index in [2.05, 4.69) is 20.6 Å². The van der Waals surface area contributed by atoms with Crippen LogP contribution in [0.5, 0.6) is 0 Å². The molecule has 2 heterocycles. The van der Waals surface area contributed by atoms with Gasteiger partial charge in [-0.2, -0.15) is 18.2 Å². The second-order valence-electron chi connectivity index (χ2n) is 8.51. The summed E-state index contributed by atoms with van der Waals surface area (Å²) in [4.78, 5) is 20.6. The van der Waals surface area contributed by atoms with Crippen molar-refractivity contribution in [2.24, 2.45) is 7.05 Å². The standard InChI is InChI=1S/C26H27F3N5O4P/c1-4-37-39(36,38-5-2)16-17-9-11-19(12-10-17)31-25-30-15-20(26(27,28)29)23(33-25)32-21-8-6-7-18-13-14-34(3)24(35)22(18)21/h6-15H,4-5,16H2,1-3H3,(H2,30,31,32,33). The molecule has 0 spiro atoms. The fourth-order valence-corrected chi connectivity index (χ4v) is 5.63. The molecule has 0 saturated heterocycles. The highest BCUT2D eigenvalue weighted by Gasteiger charge is 2.35. The molecule has 0 radical (unpaired) electrons. The molecule has 0 amide bonds. The van der Waals surface area contributed by atoms with E-state index in [-0.39, 0.29) is 42.0 Å². The highest BCUT2D eigenvalue weighted by molar-refractivity contribution is 7.53. The molecule has 0 aliphatic carbocycles. The van der Waals surface area contributed by atoms with E-state index in [1.165, 1.54) is 10.6 Å². The molecule has 13 heteroatoms. The summed E-state index contributed by atoms with van der Waals surface area (Å²) in [7, 11) is -1.73. The zero-order valence-electron chi connectivity index (χ0n) is 21.5. The third-order valence-corrected chi connectivity index (χ3v) is 7.75. The van der Waals surface area contributed by atoms with Crippen LogP contribution >= 0.6 is 7.60 Å². The van der Waals surface area contributed by atoms with Crippen LogP contribution in [-0.4, -0.2) is 27.7 Å². The van der Waals surface area contributed by atoms with Gasteiger partial charge in [-0.1, -0.05) is 24.3 Å². The molecule has 0 bridgehead atoms. The number of halogens is 3. The molecular formula is C26H27F3N5O4P. The number of aromatic nitrogens is 3. The number of hydrogen-bond acceptors (Lipinski definition) is 8. The molecule has 4 rings (SSSR count). The second kappa shape index (κ2) is 11.6. The lowest BCUT2D eigenvalue weighted by Crippen LogP contribution is -2.17. The first-order chi connectivity index (χ1) is 18.5. The van der Waals surface area contributed by atoms with Crippen LogP contribution in [0.1, 0.15) is 25.0 Å². The number of nitrogens with zero attached hydrogens (tertiary/aromatic N) is 3. The molecule has 0 aliphatic heterocycles. The summed E-state index contributed by atoms with van der Waals surface area (Å²) in [5, 5.41) is 6.38. The molecule has 2 N–H and O–H groups in total. The van der Waals surface area contributed by atoms with Crippen molar-refractivity contribution < 1.29 is 26.8 Å². The SMILES string of the molecule is CCOP(=O)(Cc1ccc(Nc2ncc(C(F)(F)F)c(Nc3cccc4ccn(C)c(=O)c34)n2)cc1)OCC. The van der Waals surface area contributed by atoms with E-state index >= 15 is 0 Å². The van der Waals surface area contributed by atoms with Gasteiger partial charge in [0, 0.05) is 25.1 Å². The Morgan fingerprint density at radius 1 is 1.00 bits per heavy atom.